The summed E-state index contributed by atoms with van der Waals surface area (Å²) in [7, 11) is -3.09. The highest BCUT2D eigenvalue weighted by atomic mass is 32.2. The van der Waals surface area contributed by atoms with Crippen LogP contribution in [0, 0.1) is 18.6 Å². The van der Waals surface area contributed by atoms with Gasteiger partial charge in [-0.3, -0.25) is 9.59 Å². The predicted octanol–water partition coefficient (Wildman–Crippen LogP) is 1.98. The van der Waals surface area contributed by atoms with Gasteiger partial charge in [0.1, 0.15) is 17.5 Å². The van der Waals surface area contributed by atoms with Gasteiger partial charge in [0.2, 0.25) is 5.91 Å². The molecule has 1 aromatic heterocycles. The molecule has 0 aliphatic carbocycles. The Hall–Kier alpha value is -2.82. The molecule has 1 aliphatic heterocycles. The molecule has 1 saturated heterocycles. The molecule has 1 fully saturated rings. The average molecular weight is 440 g/mol. The van der Waals surface area contributed by atoms with Gasteiger partial charge in [-0.05, 0) is 31.9 Å². The van der Waals surface area contributed by atoms with Gasteiger partial charge in [-0.15, -0.1) is 0 Å². The molecule has 0 saturated carbocycles. The molecule has 2 amide bonds. The van der Waals surface area contributed by atoms with Crippen LogP contribution < -0.4 is 10.6 Å². The number of carbonyl (C=O) groups is 2. The SMILES string of the molecule is Cc1cc(NC(=O)CCCNC(=O)c2ccc(F)cc2F)n(C2CCS(=O)(=O)C2)n1. The maximum atomic E-state index is 13.6. The summed E-state index contributed by atoms with van der Waals surface area (Å²) in [4.78, 5) is 24.2. The first-order valence-corrected chi connectivity index (χ1v) is 11.3. The van der Waals surface area contributed by atoms with E-state index in [1.54, 1.807) is 13.0 Å². The highest BCUT2D eigenvalue weighted by molar-refractivity contribution is 7.91. The van der Waals surface area contributed by atoms with E-state index in [1.807, 2.05) is 0 Å². The molecule has 0 spiro atoms. The van der Waals surface area contributed by atoms with Crippen molar-refractivity contribution in [2.75, 3.05) is 23.4 Å². The molecule has 1 atom stereocenters. The second kappa shape index (κ2) is 8.90. The van der Waals surface area contributed by atoms with Crippen molar-refractivity contribution in [3.63, 3.8) is 0 Å². The normalized spacial score (nSPS) is 17.6. The standard InChI is InChI=1S/C19H22F2N4O4S/c1-12-9-17(25(24-12)14-6-8-30(28,29)11-14)23-18(26)3-2-7-22-19(27)15-5-4-13(20)10-16(15)21/h4-5,9-10,14H,2-3,6-8,11H2,1H3,(H,22,27)(H,23,26). The summed E-state index contributed by atoms with van der Waals surface area (Å²) in [6, 6.07) is 4.03. The van der Waals surface area contributed by atoms with Gasteiger partial charge in [0, 0.05) is 25.1 Å². The topological polar surface area (TPSA) is 110 Å². The minimum atomic E-state index is -3.09. The Morgan fingerprint density at radius 1 is 1.27 bits per heavy atom. The zero-order valence-corrected chi connectivity index (χ0v) is 17.1. The lowest BCUT2D eigenvalue weighted by molar-refractivity contribution is -0.116. The van der Waals surface area contributed by atoms with Crippen molar-refractivity contribution >= 4 is 27.5 Å². The van der Waals surface area contributed by atoms with Gasteiger partial charge in [-0.1, -0.05) is 0 Å². The minimum Gasteiger partial charge on any atom is -0.352 e. The highest BCUT2D eigenvalue weighted by Crippen LogP contribution is 2.27. The van der Waals surface area contributed by atoms with E-state index in [2.05, 4.69) is 15.7 Å². The number of nitrogens with zero attached hydrogens (tertiary/aromatic N) is 2. The second-order valence-corrected chi connectivity index (χ2v) is 9.43. The van der Waals surface area contributed by atoms with Crippen molar-refractivity contribution in [1.82, 2.24) is 15.1 Å². The number of benzene rings is 1. The molecule has 8 nitrogen and oxygen atoms in total. The lowest BCUT2D eigenvalue weighted by atomic mass is 10.2. The van der Waals surface area contributed by atoms with E-state index in [1.165, 1.54) is 4.68 Å². The van der Waals surface area contributed by atoms with Gasteiger partial charge in [-0.25, -0.2) is 21.9 Å². The van der Waals surface area contributed by atoms with Gasteiger partial charge in [0.15, 0.2) is 9.84 Å². The van der Waals surface area contributed by atoms with E-state index in [0.29, 0.717) is 30.4 Å². The fraction of sp³-hybridized carbons (Fsp3) is 0.421. The van der Waals surface area contributed by atoms with Gasteiger partial charge >= 0.3 is 0 Å². The summed E-state index contributed by atoms with van der Waals surface area (Å²) < 4.78 is 51.5. The van der Waals surface area contributed by atoms with Crippen LogP contribution in [0.3, 0.4) is 0 Å². The molecule has 30 heavy (non-hydrogen) atoms. The van der Waals surface area contributed by atoms with Gasteiger partial charge in [-0.2, -0.15) is 5.10 Å². The molecular weight excluding hydrogens is 418 g/mol. The van der Waals surface area contributed by atoms with Crippen molar-refractivity contribution < 1.29 is 26.8 Å². The van der Waals surface area contributed by atoms with E-state index in [4.69, 9.17) is 0 Å². The third kappa shape index (κ3) is 5.41. The number of sulfone groups is 1. The third-order valence-corrected chi connectivity index (χ3v) is 6.47. The number of anilines is 1. The smallest absolute Gasteiger partial charge is 0.254 e. The van der Waals surface area contributed by atoms with E-state index in [-0.39, 0.29) is 42.0 Å². The van der Waals surface area contributed by atoms with Crippen LogP contribution in [-0.2, 0) is 14.6 Å². The van der Waals surface area contributed by atoms with E-state index < -0.39 is 27.4 Å². The largest absolute Gasteiger partial charge is 0.352 e. The lowest BCUT2D eigenvalue weighted by Crippen LogP contribution is -2.26. The molecule has 0 bridgehead atoms. The molecule has 2 N–H and O–H groups in total. The first-order chi connectivity index (χ1) is 14.1. The first-order valence-electron chi connectivity index (χ1n) is 9.44. The molecule has 3 rings (SSSR count). The Balaban J connectivity index is 1.49. The zero-order chi connectivity index (χ0) is 21.9. The summed E-state index contributed by atoms with van der Waals surface area (Å²) in [5, 5.41) is 9.50. The quantitative estimate of drug-likeness (QED) is 0.640. The van der Waals surface area contributed by atoms with Gasteiger partial charge < -0.3 is 10.6 Å². The Kier molecular flexibility index (Phi) is 6.49. The monoisotopic (exact) mass is 440 g/mol. The van der Waals surface area contributed by atoms with Crippen LogP contribution in [0.4, 0.5) is 14.6 Å². The van der Waals surface area contributed by atoms with Crippen LogP contribution in [0.1, 0.15) is 41.4 Å². The fourth-order valence-electron chi connectivity index (χ4n) is 3.28. The van der Waals surface area contributed by atoms with Crippen LogP contribution in [0.5, 0.6) is 0 Å². The maximum Gasteiger partial charge on any atom is 0.254 e. The molecule has 2 aromatic rings. The van der Waals surface area contributed by atoms with Gasteiger partial charge in [0.05, 0.1) is 28.8 Å². The van der Waals surface area contributed by atoms with Crippen molar-refractivity contribution in [1.29, 1.82) is 0 Å². The van der Waals surface area contributed by atoms with Crippen LogP contribution in [0.2, 0.25) is 0 Å². The van der Waals surface area contributed by atoms with E-state index in [0.717, 1.165) is 12.1 Å². The number of hydrogen-bond donors (Lipinski definition) is 2. The van der Waals surface area contributed by atoms with E-state index >= 15 is 0 Å². The zero-order valence-electron chi connectivity index (χ0n) is 16.3. The Bertz CT molecular complexity index is 1070. The Morgan fingerprint density at radius 3 is 2.70 bits per heavy atom. The van der Waals surface area contributed by atoms with Gasteiger partial charge in [0.25, 0.3) is 5.91 Å². The van der Waals surface area contributed by atoms with Crippen LogP contribution >= 0.6 is 0 Å². The Labute approximate surface area is 172 Å². The number of halogens is 2. The first kappa shape index (κ1) is 21.9. The number of amides is 2. The molecule has 1 aromatic carbocycles. The summed E-state index contributed by atoms with van der Waals surface area (Å²) in [6.07, 6.45) is 0.822. The van der Waals surface area contributed by atoms with Crippen molar-refractivity contribution in [3.8, 4) is 0 Å². The number of carbonyl (C=O) groups excluding carboxylic acids is 2. The van der Waals surface area contributed by atoms with Crippen molar-refractivity contribution in [3.05, 3.63) is 47.2 Å². The fourth-order valence-corrected chi connectivity index (χ4v) is 4.97. The minimum absolute atomic E-state index is 0.0109. The van der Waals surface area contributed by atoms with Crippen molar-refractivity contribution in [2.45, 2.75) is 32.2 Å². The number of aryl methyl sites for hydroxylation is 1. The summed E-state index contributed by atoms with van der Waals surface area (Å²) in [5.41, 5.74) is 0.384. The third-order valence-electron chi connectivity index (χ3n) is 4.72. The second-order valence-electron chi connectivity index (χ2n) is 7.20. The van der Waals surface area contributed by atoms with Crippen molar-refractivity contribution in [2.24, 2.45) is 0 Å². The molecule has 11 heteroatoms. The molecule has 1 unspecified atom stereocenters. The number of rotatable bonds is 7. The number of aromatic nitrogens is 2. The molecule has 2 heterocycles. The highest BCUT2D eigenvalue weighted by Gasteiger charge is 2.31. The summed E-state index contributed by atoms with van der Waals surface area (Å²) in [5.74, 6) is -2.23. The summed E-state index contributed by atoms with van der Waals surface area (Å²) in [6.45, 7) is 1.88. The van der Waals surface area contributed by atoms with Crippen LogP contribution in [0.15, 0.2) is 24.3 Å². The average Bonchev–Trinajstić information content (AvgIpc) is 3.20. The molecule has 162 valence electrons. The predicted molar refractivity (Wildman–Crippen MR) is 106 cm³/mol. The number of hydrogen-bond acceptors (Lipinski definition) is 5. The summed E-state index contributed by atoms with van der Waals surface area (Å²) >= 11 is 0. The maximum absolute atomic E-state index is 13.6. The van der Waals surface area contributed by atoms with E-state index in [9.17, 15) is 26.8 Å². The molecule has 1 aliphatic rings. The van der Waals surface area contributed by atoms with Crippen LogP contribution in [0.25, 0.3) is 0 Å². The number of nitrogens with one attached hydrogen (secondary N) is 2. The molecule has 0 radical (unpaired) electrons. The Morgan fingerprint density at radius 2 is 2.03 bits per heavy atom. The lowest BCUT2D eigenvalue weighted by Gasteiger charge is -2.14. The van der Waals surface area contributed by atoms with Crippen LogP contribution in [-0.4, -0.2) is 48.1 Å². The molecular formula is C19H22F2N4O4S.